The Morgan fingerprint density at radius 2 is 1.28 bits per heavy atom. The molecule has 0 atom stereocenters. The molecule has 0 amide bonds. The molecule has 0 bridgehead atoms. The van der Waals surface area contributed by atoms with Crippen LogP contribution in [-0.4, -0.2) is 19.1 Å². The van der Waals surface area contributed by atoms with Crippen molar-refractivity contribution in [3.05, 3.63) is 108 Å². The van der Waals surface area contributed by atoms with Crippen molar-refractivity contribution in [2.75, 3.05) is 13.1 Å². The molecule has 0 aromatic heterocycles. The minimum absolute atomic E-state index is 0.00660. The van der Waals surface area contributed by atoms with Crippen LogP contribution in [0.15, 0.2) is 91.0 Å². The first-order valence-corrected chi connectivity index (χ1v) is 10.5. The summed E-state index contributed by atoms with van der Waals surface area (Å²) in [5.74, 6) is -0.138. The van der Waals surface area contributed by atoms with Crippen LogP contribution >= 0.6 is 0 Å². The summed E-state index contributed by atoms with van der Waals surface area (Å²) < 4.78 is 6.28. The van der Waals surface area contributed by atoms with Gasteiger partial charge >= 0.3 is 5.97 Å². The Bertz CT molecular complexity index is 864. The smallest absolute Gasteiger partial charge is 0.307 e. The third kappa shape index (κ3) is 4.57. The molecular weight excluding hydrogens is 358 g/mol. The number of carbonyl (C=O) groups excluding carboxylic acids is 1. The van der Waals surface area contributed by atoms with E-state index in [1.54, 1.807) is 0 Å². The van der Waals surface area contributed by atoms with Crippen molar-refractivity contribution in [3.8, 4) is 0 Å². The maximum Gasteiger partial charge on any atom is 0.307 e. The van der Waals surface area contributed by atoms with Crippen molar-refractivity contribution < 1.29 is 14.8 Å². The number of carbonyl (C=O) groups is 1. The fourth-order valence-electron chi connectivity index (χ4n) is 4.36. The summed E-state index contributed by atoms with van der Waals surface area (Å²) >= 11 is 0. The molecule has 148 valence electrons. The molecule has 29 heavy (non-hydrogen) atoms. The summed E-state index contributed by atoms with van der Waals surface area (Å²) in [5, 5.41) is 2.30. The lowest BCUT2D eigenvalue weighted by Gasteiger charge is -2.36. The fourth-order valence-corrected chi connectivity index (χ4v) is 4.36. The molecule has 1 aliphatic rings. The molecule has 3 aromatic carbocycles. The number of esters is 1. The maximum atomic E-state index is 13.2. The summed E-state index contributed by atoms with van der Waals surface area (Å²) in [5.41, 5.74) is 2.88. The van der Waals surface area contributed by atoms with E-state index in [2.05, 4.69) is 41.7 Å². The van der Waals surface area contributed by atoms with Gasteiger partial charge in [-0.05, 0) is 16.7 Å². The van der Waals surface area contributed by atoms with E-state index in [1.807, 2.05) is 54.6 Å². The van der Waals surface area contributed by atoms with Gasteiger partial charge < -0.3 is 10.1 Å². The van der Waals surface area contributed by atoms with Crippen LogP contribution in [0.25, 0.3) is 0 Å². The monoisotopic (exact) mass is 386 g/mol. The zero-order valence-corrected chi connectivity index (χ0v) is 16.7. The van der Waals surface area contributed by atoms with Crippen LogP contribution < -0.4 is 5.32 Å². The normalized spacial score (nSPS) is 15.8. The van der Waals surface area contributed by atoms with Crippen molar-refractivity contribution in [3.63, 3.8) is 0 Å². The van der Waals surface area contributed by atoms with E-state index in [1.165, 1.54) is 0 Å². The predicted octanol–water partition coefficient (Wildman–Crippen LogP) is 4.00. The molecule has 2 N–H and O–H groups in total. The first-order valence-electron chi connectivity index (χ1n) is 10.5. The molecule has 1 fully saturated rings. The van der Waals surface area contributed by atoms with Gasteiger partial charge in [-0.15, -0.1) is 0 Å². The number of rotatable bonds is 6. The maximum absolute atomic E-state index is 13.2. The van der Waals surface area contributed by atoms with Crippen LogP contribution in [-0.2, 0) is 15.1 Å². The molecule has 0 radical (unpaired) electrons. The van der Waals surface area contributed by atoms with E-state index >= 15 is 0 Å². The highest BCUT2D eigenvalue weighted by molar-refractivity contribution is 5.72. The summed E-state index contributed by atoms with van der Waals surface area (Å²) in [6.45, 7) is 1.95. The minimum atomic E-state index is -0.509. The third-order valence-corrected chi connectivity index (χ3v) is 5.89. The van der Waals surface area contributed by atoms with Gasteiger partial charge in [0.05, 0.1) is 19.5 Å². The number of quaternary nitrogens is 1. The highest BCUT2D eigenvalue weighted by Crippen LogP contribution is 2.36. The van der Waals surface area contributed by atoms with Gasteiger partial charge in [0, 0.05) is 18.8 Å². The molecule has 3 aromatic rings. The highest BCUT2D eigenvalue weighted by Gasteiger charge is 2.39. The van der Waals surface area contributed by atoms with Gasteiger partial charge in [0.2, 0.25) is 0 Å². The number of nitrogens with two attached hydrogens (primary N) is 1. The molecule has 0 aliphatic carbocycles. The van der Waals surface area contributed by atoms with Crippen molar-refractivity contribution in [1.29, 1.82) is 0 Å². The average Bonchev–Trinajstić information content (AvgIpc) is 2.80. The third-order valence-electron chi connectivity index (χ3n) is 5.89. The van der Waals surface area contributed by atoms with Crippen LogP contribution in [0.5, 0.6) is 0 Å². The fraction of sp³-hybridized carbons (Fsp3) is 0.269. The second-order valence-corrected chi connectivity index (χ2v) is 7.78. The standard InChI is InChI=1S/C26H27NO2/c28-25(29-26(16-18-27-19-17-26)23-14-8-3-9-15-23)20-24(21-10-4-1-5-11-21)22-12-6-2-7-13-22/h1-15,24,27H,16-20H2/p+1. The molecule has 3 heteroatoms. The van der Waals surface area contributed by atoms with Crippen molar-refractivity contribution in [2.24, 2.45) is 0 Å². The van der Waals surface area contributed by atoms with E-state index < -0.39 is 5.60 Å². The highest BCUT2D eigenvalue weighted by atomic mass is 16.6. The first-order chi connectivity index (χ1) is 14.3. The Balaban J connectivity index is 1.59. The van der Waals surface area contributed by atoms with Crippen LogP contribution in [0.1, 0.15) is 41.9 Å². The zero-order valence-electron chi connectivity index (χ0n) is 16.7. The second kappa shape index (κ2) is 9.06. The Kier molecular flexibility index (Phi) is 6.06. The Morgan fingerprint density at radius 3 is 1.79 bits per heavy atom. The van der Waals surface area contributed by atoms with E-state index in [0.717, 1.165) is 42.6 Å². The Morgan fingerprint density at radius 1 is 0.793 bits per heavy atom. The van der Waals surface area contributed by atoms with Gasteiger partial charge in [-0.1, -0.05) is 91.0 Å². The van der Waals surface area contributed by atoms with Gasteiger partial charge in [0.25, 0.3) is 0 Å². The van der Waals surface area contributed by atoms with E-state index in [0.29, 0.717) is 6.42 Å². The van der Waals surface area contributed by atoms with Crippen molar-refractivity contribution >= 4 is 5.97 Å². The number of hydrogen-bond acceptors (Lipinski definition) is 2. The number of piperidine rings is 1. The molecule has 1 aliphatic heterocycles. The second-order valence-electron chi connectivity index (χ2n) is 7.78. The van der Waals surface area contributed by atoms with Crippen molar-refractivity contribution in [2.45, 2.75) is 30.8 Å². The summed E-state index contributed by atoms with van der Waals surface area (Å²) in [4.78, 5) is 13.2. The van der Waals surface area contributed by atoms with Crippen molar-refractivity contribution in [1.82, 2.24) is 0 Å². The lowest BCUT2D eigenvalue weighted by Crippen LogP contribution is -2.87. The predicted molar refractivity (Wildman–Crippen MR) is 114 cm³/mol. The summed E-state index contributed by atoms with van der Waals surface area (Å²) in [7, 11) is 0. The van der Waals surface area contributed by atoms with Crippen LogP contribution in [0.2, 0.25) is 0 Å². The Labute approximate surface area is 172 Å². The molecule has 1 saturated heterocycles. The van der Waals surface area contributed by atoms with Crippen LogP contribution in [0, 0.1) is 0 Å². The molecule has 3 nitrogen and oxygen atoms in total. The molecule has 0 spiro atoms. The number of hydrogen-bond donors (Lipinski definition) is 1. The Hall–Kier alpha value is -2.91. The van der Waals surface area contributed by atoms with Crippen LogP contribution in [0.4, 0.5) is 0 Å². The molecule has 0 unspecified atom stereocenters. The van der Waals surface area contributed by atoms with Gasteiger partial charge in [-0.2, -0.15) is 0 Å². The number of benzene rings is 3. The first kappa shape index (κ1) is 19.4. The molecule has 4 rings (SSSR count). The quantitative estimate of drug-likeness (QED) is 0.651. The zero-order chi connectivity index (χ0) is 19.9. The topological polar surface area (TPSA) is 42.9 Å². The van der Waals surface area contributed by atoms with Gasteiger partial charge in [0.15, 0.2) is 0 Å². The van der Waals surface area contributed by atoms with Crippen LogP contribution in [0.3, 0.4) is 0 Å². The van der Waals surface area contributed by atoms with Gasteiger partial charge in [-0.25, -0.2) is 0 Å². The average molecular weight is 387 g/mol. The molecular formula is C26H28NO2+. The summed E-state index contributed by atoms with van der Waals surface area (Å²) in [6, 6.07) is 30.7. The van der Waals surface area contributed by atoms with E-state index in [9.17, 15) is 4.79 Å². The SMILES string of the molecule is O=C(CC(c1ccccc1)c1ccccc1)OC1(c2ccccc2)CC[NH2+]CC1. The van der Waals surface area contributed by atoms with E-state index in [4.69, 9.17) is 4.74 Å². The minimum Gasteiger partial charge on any atom is -0.454 e. The van der Waals surface area contributed by atoms with E-state index in [-0.39, 0.29) is 11.9 Å². The lowest BCUT2D eigenvalue weighted by atomic mass is 9.84. The molecule has 0 saturated carbocycles. The number of ether oxygens (including phenoxy) is 1. The lowest BCUT2D eigenvalue weighted by molar-refractivity contribution is -0.668. The van der Waals surface area contributed by atoms with Gasteiger partial charge in [0.1, 0.15) is 5.60 Å². The summed E-state index contributed by atoms with van der Waals surface area (Å²) in [6.07, 6.45) is 2.04. The van der Waals surface area contributed by atoms with Gasteiger partial charge in [-0.3, -0.25) is 4.79 Å². The molecule has 1 heterocycles. The largest absolute Gasteiger partial charge is 0.454 e.